The molecule has 2 rings (SSSR count). The molecule has 0 saturated carbocycles. The highest BCUT2D eigenvalue weighted by Gasteiger charge is 2.16. The summed E-state index contributed by atoms with van der Waals surface area (Å²) in [6, 6.07) is 3.53. The minimum atomic E-state index is -0.212. The van der Waals surface area contributed by atoms with Crippen LogP contribution in [0.5, 0.6) is 0 Å². The summed E-state index contributed by atoms with van der Waals surface area (Å²) in [5.41, 5.74) is 7.93. The topological polar surface area (TPSA) is 57.0 Å². The number of furan rings is 1. The van der Waals surface area contributed by atoms with Crippen molar-refractivity contribution in [2.75, 3.05) is 0 Å². The Bertz CT molecular complexity index is 394. The minimum absolute atomic E-state index is 0.212. The van der Waals surface area contributed by atoms with Crippen molar-refractivity contribution in [3.8, 4) is 0 Å². The summed E-state index contributed by atoms with van der Waals surface area (Å²) in [6.45, 7) is 0. The van der Waals surface area contributed by atoms with Gasteiger partial charge in [0.15, 0.2) is 4.67 Å². The maximum absolute atomic E-state index is 6.06. The van der Waals surface area contributed by atoms with Crippen LogP contribution in [0, 0.1) is 0 Å². The van der Waals surface area contributed by atoms with Crippen molar-refractivity contribution in [3.63, 3.8) is 0 Å². The number of rotatable bonds is 2. The molecule has 0 spiro atoms. The quantitative estimate of drug-likeness (QED) is 0.891. The average Bonchev–Trinajstić information content (AvgIpc) is 2.73. The van der Waals surface area contributed by atoms with E-state index in [2.05, 4.69) is 21.0 Å². The lowest BCUT2D eigenvalue weighted by Gasteiger charge is -2.10. The van der Waals surface area contributed by atoms with Crippen LogP contribution in [-0.2, 0) is 7.05 Å². The zero-order chi connectivity index (χ0) is 10.1. The van der Waals surface area contributed by atoms with Gasteiger partial charge in [0, 0.05) is 18.8 Å². The molecule has 2 aromatic rings. The summed E-state index contributed by atoms with van der Waals surface area (Å²) in [4.78, 5) is 0. The molecule has 0 aliphatic rings. The van der Waals surface area contributed by atoms with Crippen molar-refractivity contribution in [1.29, 1.82) is 0 Å². The van der Waals surface area contributed by atoms with Crippen LogP contribution in [0.3, 0.4) is 0 Å². The minimum Gasteiger partial charge on any atom is -0.457 e. The van der Waals surface area contributed by atoms with Gasteiger partial charge < -0.3 is 10.2 Å². The van der Waals surface area contributed by atoms with E-state index in [-0.39, 0.29) is 6.04 Å². The first-order valence-electron chi connectivity index (χ1n) is 4.16. The van der Waals surface area contributed by atoms with Gasteiger partial charge in [-0.25, -0.2) is 0 Å². The molecule has 2 N–H and O–H groups in total. The van der Waals surface area contributed by atoms with Gasteiger partial charge in [0.1, 0.15) is 0 Å². The van der Waals surface area contributed by atoms with Crippen molar-refractivity contribution >= 4 is 15.9 Å². The number of halogens is 1. The van der Waals surface area contributed by atoms with E-state index in [0.717, 1.165) is 11.3 Å². The van der Waals surface area contributed by atoms with Crippen molar-refractivity contribution < 1.29 is 4.42 Å². The summed E-state index contributed by atoms with van der Waals surface area (Å²) in [6.07, 6.45) is 3.33. The lowest BCUT2D eigenvalue weighted by atomic mass is 10.1. The number of hydrogen-bond acceptors (Lipinski definition) is 3. The highest BCUT2D eigenvalue weighted by Crippen LogP contribution is 2.27. The summed E-state index contributed by atoms with van der Waals surface area (Å²) in [5.74, 6) is 0. The fourth-order valence-corrected chi connectivity index (χ4v) is 1.86. The predicted molar refractivity (Wildman–Crippen MR) is 55.6 cm³/mol. The van der Waals surface area contributed by atoms with Gasteiger partial charge in [0.2, 0.25) is 0 Å². The number of hydrogen-bond donors (Lipinski definition) is 1. The Morgan fingerprint density at radius 3 is 2.86 bits per heavy atom. The highest BCUT2D eigenvalue weighted by molar-refractivity contribution is 9.10. The fourth-order valence-electron chi connectivity index (χ4n) is 1.38. The van der Waals surface area contributed by atoms with Crippen molar-refractivity contribution in [2.45, 2.75) is 6.04 Å². The Labute approximate surface area is 89.8 Å². The Hall–Kier alpha value is -1.07. The van der Waals surface area contributed by atoms with Crippen LogP contribution in [0.25, 0.3) is 0 Å². The lowest BCUT2D eigenvalue weighted by molar-refractivity contribution is 0.533. The molecule has 0 aliphatic heterocycles. The lowest BCUT2D eigenvalue weighted by Crippen LogP contribution is -2.15. The second-order valence-corrected chi connectivity index (χ2v) is 3.73. The Kier molecular flexibility index (Phi) is 2.43. The molecular weight excluding hydrogens is 246 g/mol. The molecule has 0 fully saturated rings. The van der Waals surface area contributed by atoms with E-state index in [9.17, 15) is 0 Å². The second kappa shape index (κ2) is 3.59. The number of aromatic nitrogens is 2. The normalized spacial score (nSPS) is 13.1. The summed E-state index contributed by atoms with van der Waals surface area (Å²) in [5, 5.41) is 4.07. The van der Waals surface area contributed by atoms with E-state index in [1.807, 2.05) is 19.2 Å². The molecule has 0 amide bonds. The molecule has 1 unspecified atom stereocenters. The Morgan fingerprint density at radius 2 is 2.36 bits per heavy atom. The van der Waals surface area contributed by atoms with Gasteiger partial charge in [-0.1, -0.05) is 0 Å². The largest absolute Gasteiger partial charge is 0.457 e. The first-order chi connectivity index (χ1) is 6.70. The Morgan fingerprint density at radius 1 is 1.57 bits per heavy atom. The zero-order valence-electron chi connectivity index (χ0n) is 7.64. The summed E-state index contributed by atoms with van der Waals surface area (Å²) in [7, 11) is 1.86. The third kappa shape index (κ3) is 1.49. The van der Waals surface area contributed by atoms with E-state index in [1.54, 1.807) is 17.1 Å². The van der Waals surface area contributed by atoms with Crippen LogP contribution in [0.15, 0.2) is 33.7 Å². The van der Waals surface area contributed by atoms with Crippen molar-refractivity contribution in [3.05, 3.63) is 40.5 Å². The van der Waals surface area contributed by atoms with Crippen LogP contribution in [0.2, 0.25) is 0 Å². The molecule has 14 heavy (non-hydrogen) atoms. The van der Waals surface area contributed by atoms with Gasteiger partial charge in [-0.3, -0.25) is 4.68 Å². The molecule has 1 atom stereocenters. The van der Waals surface area contributed by atoms with Crippen molar-refractivity contribution in [1.82, 2.24) is 9.78 Å². The third-order valence-corrected chi connectivity index (χ3v) is 2.80. The van der Waals surface area contributed by atoms with E-state index < -0.39 is 0 Å². The first kappa shape index (κ1) is 9.48. The molecule has 0 radical (unpaired) electrons. The van der Waals surface area contributed by atoms with Gasteiger partial charge in [0.05, 0.1) is 18.0 Å². The fraction of sp³-hybridized carbons (Fsp3) is 0.222. The maximum atomic E-state index is 6.06. The van der Waals surface area contributed by atoms with Gasteiger partial charge in [-0.05, 0) is 28.1 Å². The average molecular weight is 256 g/mol. The SMILES string of the molecule is Cn1nccc1C(N)c1ccoc1Br. The molecular formula is C9H10BrN3O. The smallest absolute Gasteiger partial charge is 0.174 e. The van der Waals surface area contributed by atoms with Crippen LogP contribution in [0.1, 0.15) is 17.3 Å². The van der Waals surface area contributed by atoms with Gasteiger partial charge in [-0.2, -0.15) is 5.10 Å². The van der Waals surface area contributed by atoms with E-state index in [1.165, 1.54) is 0 Å². The van der Waals surface area contributed by atoms with Crippen LogP contribution < -0.4 is 5.73 Å². The predicted octanol–water partition coefficient (Wildman–Crippen LogP) is 1.82. The molecule has 2 aromatic heterocycles. The molecule has 4 nitrogen and oxygen atoms in total. The zero-order valence-corrected chi connectivity index (χ0v) is 9.23. The number of aryl methyl sites for hydroxylation is 1. The van der Waals surface area contributed by atoms with E-state index >= 15 is 0 Å². The standard InChI is InChI=1S/C9H10BrN3O/c1-13-7(2-4-12-13)8(11)6-3-5-14-9(6)10/h2-5,8H,11H2,1H3. The molecule has 0 aromatic carbocycles. The van der Waals surface area contributed by atoms with E-state index in [4.69, 9.17) is 10.2 Å². The Balaban J connectivity index is 2.38. The van der Waals surface area contributed by atoms with Crippen LogP contribution >= 0.6 is 15.9 Å². The first-order valence-corrected chi connectivity index (χ1v) is 4.96. The van der Waals surface area contributed by atoms with Gasteiger partial charge in [-0.15, -0.1) is 0 Å². The second-order valence-electron chi connectivity index (χ2n) is 3.01. The van der Waals surface area contributed by atoms with Gasteiger partial charge in [0.25, 0.3) is 0 Å². The number of nitrogens with zero attached hydrogens (tertiary/aromatic N) is 2. The molecule has 0 saturated heterocycles. The highest BCUT2D eigenvalue weighted by atomic mass is 79.9. The molecule has 5 heteroatoms. The van der Waals surface area contributed by atoms with Crippen molar-refractivity contribution in [2.24, 2.45) is 12.8 Å². The maximum Gasteiger partial charge on any atom is 0.174 e. The third-order valence-electron chi connectivity index (χ3n) is 2.16. The molecule has 74 valence electrons. The monoisotopic (exact) mass is 255 g/mol. The molecule has 0 aliphatic carbocycles. The summed E-state index contributed by atoms with van der Waals surface area (Å²) < 4.78 is 7.56. The van der Waals surface area contributed by atoms with Crippen LogP contribution in [0.4, 0.5) is 0 Å². The van der Waals surface area contributed by atoms with Crippen LogP contribution in [-0.4, -0.2) is 9.78 Å². The van der Waals surface area contributed by atoms with Gasteiger partial charge >= 0.3 is 0 Å². The molecule has 0 bridgehead atoms. The van der Waals surface area contributed by atoms with E-state index in [0.29, 0.717) is 4.67 Å². The number of nitrogens with two attached hydrogens (primary N) is 1. The summed E-state index contributed by atoms with van der Waals surface area (Å²) >= 11 is 3.30. The molecule has 2 heterocycles.